The van der Waals surface area contributed by atoms with Gasteiger partial charge in [-0.25, -0.2) is 4.79 Å². The Morgan fingerprint density at radius 1 is 1.53 bits per heavy atom. The Balaban J connectivity index is 2.00. The SMILES string of the molecule is COC(=O)c1nc(NC(=O)C2CC2)n[nH]1. The van der Waals surface area contributed by atoms with Gasteiger partial charge in [0.15, 0.2) is 0 Å². The van der Waals surface area contributed by atoms with Crippen LogP contribution in [0.15, 0.2) is 0 Å². The molecule has 1 aromatic heterocycles. The summed E-state index contributed by atoms with van der Waals surface area (Å²) >= 11 is 0. The van der Waals surface area contributed by atoms with Crippen LogP contribution in [0.3, 0.4) is 0 Å². The van der Waals surface area contributed by atoms with Gasteiger partial charge in [-0.15, -0.1) is 5.10 Å². The molecule has 0 bridgehead atoms. The van der Waals surface area contributed by atoms with Crippen molar-refractivity contribution in [3.05, 3.63) is 5.82 Å². The van der Waals surface area contributed by atoms with Gasteiger partial charge in [0.25, 0.3) is 0 Å². The highest BCUT2D eigenvalue weighted by Crippen LogP contribution is 2.29. The van der Waals surface area contributed by atoms with E-state index in [2.05, 4.69) is 25.2 Å². The standard InChI is InChI=1S/C8H10N4O3/c1-15-7(14)5-9-8(12-11-5)10-6(13)4-2-3-4/h4H,2-3H2,1H3,(H2,9,10,11,12,13). The van der Waals surface area contributed by atoms with Gasteiger partial charge in [0.1, 0.15) is 0 Å². The maximum absolute atomic E-state index is 11.3. The van der Waals surface area contributed by atoms with E-state index in [-0.39, 0.29) is 23.6 Å². The number of carbonyl (C=O) groups excluding carboxylic acids is 2. The van der Waals surface area contributed by atoms with Crippen molar-refractivity contribution >= 4 is 17.8 Å². The number of rotatable bonds is 3. The van der Waals surface area contributed by atoms with Crippen LogP contribution >= 0.6 is 0 Å². The number of carbonyl (C=O) groups is 2. The molecule has 0 atom stereocenters. The lowest BCUT2D eigenvalue weighted by atomic mass is 10.4. The molecule has 2 rings (SSSR count). The maximum atomic E-state index is 11.3. The van der Waals surface area contributed by atoms with E-state index in [9.17, 15) is 9.59 Å². The molecule has 1 aliphatic carbocycles. The highest BCUT2D eigenvalue weighted by atomic mass is 16.5. The van der Waals surface area contributed by atoms with Crippen molar-refractivity contribution in [3.63, 3.8) is 0 Å². The topological polar surface area (TPSA) is 97.0 Å². The van der Waals surface area contributed by atoms with Crippen molar-refractivity contribution < 1.29 is 14.3 Å². The molecule has 0 aliphatic heterocycles. The Hall–Kier alpha value is -1.92. The van der Waals surface area contributed by atoms with E-state index in [1.807, 2.05) is 0 Å². The molecule has 1 heterocycles. The molecule has 0 saturated heterocycles. The molecule has 7 nitrogen and oxygen atoms in total. The average molecular weight is 210 g/mol. The van der Waals surface area contributed by atoms with Gasteiger partial charge in [0.2, 0.25) is 17.7 Å². The van der Waals surface area contributed by atoms with Crippen LogP contribution in [0.1, 0.15) is 23.5 Å². The summed E-state index contributed by atoms with van der Waals surface area (Å²) in [6.07, 6.45) is 1.81. The van der Waals surface area contributed by atoms with Gasteiger partial charge in [-0.2, -0.15) is 4.98 Å². The number of esters is 1. The monoisotopic (exact) mass is 210 g/mol. The molecule has 2 N–H and O–H groups in total. The van der Waals surface area contributed by atoms with Gasteiger partial charge in [-0.1, -0.05) is 0 Å². The first kappa shape index (κ1) is 9.63. The fraction of sp³-hybridized carbons (Fsp3) is 0.500. The second-order valence-electron chi connectivity index (χ2n) is 3.26. The number of methoxy groups -OCH3 is 1. The van der Waals surface area contributed by atoms with Crippen molar-refractivity contribution in [2.45, 2.75) is 12.8 Å². The fourth-order valence-electron chi connectivity index (χ4n) is 1.06. The Morgan fingerprint density at radius 3 is 2.87 bits per heavy atom. The van der Waals surface area contributed by atoms with Crippen LogP contribution in [0.4, 0.5) is 5.95 Å². The molecule has 1 saturated carbocycles. The quantitative estimate of drug-likeness (QED) is 0.681. The van der Waals surface area contributed by atoms with Gasteiger partial charge in [-0.3, -0.25) is 15.2 Å². The van der Waals surface area contributed by atoms with Gasteiger partial charge in [-0.05, 0) is 12.8 Å². The predicted molar refractivity (Wildman–Crippen MR) is 49.1 cm³/mol. The molecule has 1 aromatic rings. The molecule has 1 fully saturated rings. The number of amides is 1. The number of H-pyrrole nitrogens is 1. The van der Waals surface area contributed by atoms with Gasteiger partial charge < -0.3 is 4.74 Å². The van der Waals surface area contributed by atoms with Crippen LogP contribution in [0.2, 0.25) is 0 Å². The van der Waals surface area contributed by atoms with E-state index in [4.69, 9.17) is 0 Å². The average Bonchev–Trinajstić information content (AvgIpc) is 2.99. The lowest BCUT2D eigenvalue weighted by molar-refractivity contribution is -0.117. The Morgan fingerprint density at radius 2 is 2.27 bits per heavy atom. The smallest absolute Gasteiger partial charge is 0.375 e. The second kappa shape index (κ2) is 3.68. The third-order valence-corrected chi connectivity index (χ3v) is 2.05. The van der Waals surface area contributed by atoms with Crippen molar-refractivity contribution in [3.8, 4) is 0 Å². The van der Waals surface area contributed by atoms with E-state index < -0.39 is 5.97 Å². The minimum atomic E-state index is -0.616. The molecule has 80 valence electrons. The first-order valence-corrected chi connectivity index (χ1v) is 4.52. The molecule has 0 aromatic carbocycles. The molecular formula is C8H10N4O3. The van der Waals surface area contributed by atoms with Crippen LogP contribution in [0, 0.1) is 5.92 Å². The van der Waals surface area contributed by atoms with E-state index in [0.717, 1.165) is 12.8 Å². The predicted octanol–water partition coefficient (Wildman–Crippen LogP) is -0.0602. The Bertz CT molecular complexity index is 396. The molecule has 0 spiro atoms. The largest absolute Gasteiger partial charge is 0.463 e. The van der Waals surface area contributed by atoms with E-state index >= 15 is 0 Å². The molecule has 0 radical (unpaired) electrons. The number of nitrogens with zero attached hydrogens (tertiary/aromatic N) is 2. The first-order valence-electron chi connectivity index (χ1n) is 4.52. The lowest BCUT2D eigenvalue weighted by Gasteiger charge is -1.95. The summed E-state index contributed by atoms with van der Waals surface area (Å²) in [5.74, 6) is -0.569. The van der Waals surface area contributed by atoms with Crippen LogP contribution in [0.25, 0.3) is 0 Å². The van der Waals surface area contributed by atoms with Crippen molar-refractivity contribution in [2.75, 3.05) is 12.4 Å². The van der Waals surface area contributed by atoms with E-state index in [1.54, 1.807) is 0 Å². The normalized spacial score (nSPS) is 14.7. The Kier molecular flexibility index (Phi) is 2.36. The fourth-order valence-corrected chi connectivity index (χ4v) is 1.06. The van der Waals surface area contributed by atoms with Crippen molar-refractivity contribution in [1.82, 2.24) is 15.2 Å². The summed E-state index contributed by atoms with van der Waals surface area (Å²) in [5, 5.41) is 8.54. The van der Waals surface area contributed by atoms with Crippen LogP contribution in [0.5, 0.6) is 0 Å². The molecule has 1 amide bonds. The minimum absolute atomic E-state index is 0.0244. The maximum Gasteiger partial charge on any atom is 0.375 e. The zero-order chi connectivity index (χ0) is 10.8. The highest BCUT2D eigenvalue weighted by molar-refractivity contribution is 5.93. The number of aromatic nitrogens is 3. The third kappa shape index (κ3) is 2.12. The van der Waals surface area contributed by atoms with Crippen LogP contribution < -0.4 is 5.32 Å². The lowest BCUT2D eigenvalue weighted by Crippen LogP contribution is -2.14. The number of hydrogen-bond acceptors (Lipinski definition) is 5. The summed E-state index contributed by atoms with van der Waals surface area (Å²) in [7, 11) is 1.24. The first-order chi connectivity index (χ1) is 7.20. The summed E-state index contributed by atoms with van der Waals surface area (Å²) < 4.78 is 4.43. The summed E-state index contributed by atoms with van der Waals surface area (Å²) in [6.45, 7) is 0. The van der Waals surface area contributed by atoms with Gasteiger partial charge in [0, 0.05) is 5.92 Å². The van der Waals surface area contributed by atoms with Crippen molar-refractivity contribution in [2.24, 2.45) is 5.92 Å². The zero-order valence-corrected chi connectivity index (χ0v) is 8.11. The Labute approximate surface area is 85.2 Å². The molecule has 1 aliphatic rings. The number of hydrogen-bond donors (Lipinski definition) is 2. The molecule has 15 heavy (non-hydrogen) atoms. The zero-order valence-electron chi connectivity index (χ0n) is 8.11. The number of anilines is 1. The van der Waals surface area contributed by atoms with Crippen molar-refractivity contribution in [1.29, 1.82) is 0 Å². The third-order valence-electron chi connectivity index (χ3n) is 2.05. The second-order valence-corrected chi connectivity index (χ2v) is 3.26. The highest BCUT2D eigenvalue weighted by Gasteiger charge is 2.30. The van der Waals surface area contributed by atoms with Gasteiger partial charge in [0.05, 0.1) is 7.11 Å². The number of nitrogens with one attached hydrogen (secondary N) is 2. The molecule has 7 heteroatoms. The van der Waals surface area contributed by atoms with E-state index in [1.165, 1.54) is 7.11 Å². The summed E-state index contributed by atoms with van der Waals surface area (Å²) in [5.41, 5.74) is 0. The van der Waals surface area contributed by atoms with Crippen LogP contribution in [-0.2, 0) is 9.53 Å². The number of aromatic amines is 1. The number of ether oxygens (including phenoxy) is 1. The van der Waals surface area contributed by atoms with Crippen LogP contribution in [-0.4, -0.2) is 34.2 Å². The van der Waals surface area contributed by atoms with Gasteiger partial charge >= 0.3 is 5.97 Å². The summed E-state index contributed by atoms with van der Waals surface area (Å²) in [4.78, 5) is 26.1. The minimum Gasteiger partial charge on any atom is -0.463 e. The van der Waals surface area contributed by atoms with E-state index in [0.29, 0.717) is 0 Å². The molecule has 0 unspecified atom stereocenters. The molecular weight excluding hydrogens is 200 g/mol. The summed E-state index contributed by atoms with van der Waals surface area (Å²) in [6, 6.07) is 0.